The number of hydrogen-bond acceptors (Lipinski definition) is 3. The molecule has 0 saturated carbocycles. The Morgan fingerprint density at radius 2 is 2.24 bits per heavy atom. The Hall–Kier alpha value is -0.840. The number of nitrogens with two attached hydrogens (primary N) is 1. The molecular weight excluding hydrogens is 298 g/mol. The van der Waals surface area contributed by atoms with E-state index in [1.165, 1.54) is 4.88 Å². The average Bonchev–Trinajstić information content (AvgIpc) is 2.83. The van der Waals surface area contributed by atoms with Crippen LogP contribution in [-0.4, -0.2) is 7.11 Å². The number of halogens is 1. The van der Waals surface area contributed by atoms with E-state index in [0.29, 0.717) is 0 Å². The number of thiophene rings is 1. The lowest BCUT2D eigenvalue weighted by Gasteiger charge is -2.13. The van der Waals surface area contributed by atoms with Crippen LogP contribution in [0.2, 0.25) is 0 Å². The molecule has 2 aromatic rings. The minimum atomic E-state index is 0.0261. The van der Waals surface area contributed by atoms with Crippen molar-refractivity contribution in [2.75, 3.05) is 7.11 Å². The molecule has 4 heteroatoms. The second kappa shape index (κ2) is 5.67. The van der Waals surface area contributed by atoms with Gasteiger partial charge in [-0.2, -0.15) is 0 Å². The van der Waals surface area contributed by atoms with Crippen LogP contribution in [0.5, 0.6) is 5.75 Å². The van der Waals surface area contributed by atoms with E-state index in [9.17, 15) is 0 Å². The summed E-state index contributed by atoms with van der Waals surface area (Å²) in [5.74, 6) is 0.889. The first kappa shape index (κ1) is 12.6. The van der Waals surface area contributed by atoms with Gasteiger partial charge in [-0.25, -0.2) is 0 Å². The fourth-order valence-electron chi connectivity index (χ4n) is 1.75. The molecule has 1 unspecified atom stereocenters. The number of methoxy groups -OCH3 is 1. The van der Waals surface area contributed by atoms with Crippen LogP contribution >= 0.6 is 27.3 Å². The molecule has 1 heterocycles. The van der Waals surface area contributed by atoms with Gasteiger partial charge in [-0.1, -0.05) is 22.0 Å². The van der Waals surface area contributed by atoms with Crippen LogP contribution in [-0.2, 0) is 6.42 Å². The molecule has 1 atom stereocenters. The molecule has 0 saturated heterocycles. The molecule has 2 nitrogen and oxygen atoms in total. The van der Waals surface area contributed by atoms with Crippen LogP contribution in [0, 0.1) is 0 Å². The number of hydrogen-bond donors (Lipinski definition) is 1. The van der Waals surface area contributed by atoms with Gasteiger partial charge in [-0.05, 0) is 41.6 Å². The molecule has 0 fully saturated rings. The maximum atomic E-state index is 6.18. The third kappa shape index (κ3) is 3.09. The van der Waals surface area contributed by atoms with Crippen molar-refractivity contribution < 1.29 is 4.74 Å². The van der Waals surface area contributed by atoms with Gasteiger partial charge >= 0.3 is 0 Å². The Morgan fingerprint density at radius 1 is 1.41 bits per heavy atom. The molecule has 17 heavy (non-hydrogen) atoms. The first-order valence-electron chi connectivity index (χ1n) is 5.32. The molecule has 0 aliphatic carbocycles. The fraction of sp³-hybridized carbons (Fsp3) is 0.231. The first-order chi connectivity index (χ1) is 8.20. The third-order valence-electron chi connectivity index (χ3n) is 2.59. The Labute approximate surface area is 114 Å². The maximum Gasteiger partial charge on any atom is 0.122 e. The Balaban J connectivity index is 2.20. The second-order valence-electron chi connectivity index (χ2n) is 3.78. The van der Waals surface area contributed by atoms with E-state index < -0.39 is 0 Å². The van der Waals surface area contributed by atoms with Gasteiger partial charge in [-0.15, -0.1) is 11.3 Å². The van der Waals surface area contributed by atoms with Crippen molar-refractivity contribution in [1.29, 1.82) is 0 Å². The second-order valence-corrected chi connectivity index (χ2v) is 5.68. The fourth-order valence-corrected chi connectivity index (χ4v) is 2.88. The summed E-state index contributed by atoms with van der Waals surface area (Å²) in [6.45, 7) is 0. The molecule has 1 aromatic carbocycles. The molecule has 2 N–H and O–H groups in total. The van der Waals surface area contributed by atoms with Crippen molar-refractivity contribution in [3.8, 4) is 5.75 Å². The van der Waals surface area contributed by atoms with Crippen LogP contribution in [0.15, 0.2) is 40.2 Å². The highest BCUT2D eigenvalue weighted by atomic mass is 79.9. The highest BCUT2D eigenvalue weighted by Gasteiger charge is 2.11. The highest BCUT2D eigenvalue weighted by molar-refractivity contribution is 9.10. The summed E-state index contributed by atoms with van der Waals surface area (Å²) in [5.41, 5.74) is 7.31. The number of rotatable bonds is 4. The van der Waals surface area contributed by atoms with Crippen LogP contribution in [0.3, 0.4) is 0 Å². The molecule has 2 rings (SSSR count). The van der Waals surface area contributed by atoms with Gasteiger partial charge in [0, 0.05) is 15.4 Å². The molecule has 0 amide bonds. The van der Waals surface area contributed by atoms with Crippen molar-refractivity contribution in [2.24, 2.45) is 5.73 Å². The van der Waals surface area contributed by atoms with Crippen LogP contribution in [0.1, 0.15) is 16.5 Å². The molecule has 0 radical (unpaired) electrons. The lowest BCUT2D eigenvalue weighted by molar-refractivity contribution is 0.408. The summed E-state index contributed by atoms with van der Waals surface area (Å²) in [7, 11) is 1.68. The zero-order chi connectivity index (χ0) is 12.3. The van der Waals surface area contributed by atoms with Crippen LogP contribution < -0.4 is 10.5 Å². The predicted octanol–water partition coefficient (Wildman–Crippen LogP) is 3.76. The third-order valence-corrected chi connectivity index (χ3v) is 4.09. The lowest BCUT2D eigenvalue weighted by Crippen LogP contribution is -2.12. The summed E-state index contributed by atoms with van der Waals surface area (Å²) in [6.07, 6.45) is 0.781. The average molecular weight is 312 g/mol. The molecule has 1 aromatic heterocycles. The summed E-state index contributed by atoms with van der Waals surface area (Å²) >= 11 is 5.16. The normalized spacial score (nSPS) is 12.4. The zero-order valence-corrected chi connectivity index (χ0v) is 11.9. The van der Waals surface area contributed by atoms with E-state index >= 15 is 0 Å². The minimum Gasteiger partial charge on any atom is -0.496 e. The van der Waals surface area contributed by atoms with Gasteiger partial charge in [0.15, 0.2) is 0 Å². The lowest BCUT2D eigenvalue weighted by atomic mass is 10.0. The SMILES string of the molecule is COc1ccc(Br)cc1CC(N)c1cccs1. The molecule has 90 valence electrons. The minimum absolute atomic E-state index is 0.0261. The summed E-state index contributed by atoms with van der Waals surface area (Å²) in [4.78, 5) is 1.20. The molecule has 0 aliphatic heterocycles. The standard InChI is InChI=1S/C13H14BrNOS/c1-16-12-5-4-10(14)7-9(12)8-11(15)13-3-2-6-17-13/h2-7,11H,8,15H2,1H3. The van der Waals surface area contributed by atoms with E-state index in [1.807, 2.05) is 23.6 Å². The van der Waals surface area contributed by atoms with Crippen molar-refractivity contribution in [3.63, 3.8) is 0 Å². The van der Waals surface area contributed by atoms with E-state index in [4.69, 9.17) is 10.5 Å². The van der Waals surface area contributed by atoms with Crippen molar-refractivity contribution in [2.45, 2.75) is 12.5 Å². The zero-order valence-electron chi connectivity index (χ0n) is 9.52. The highest BCUT2D eigenvalue weighted by Crippen LogP contribution is 2.28. The van der Waals surface area contributed by atoms with Crippen molar-refractivity contribution in [1.82, 2.24) is 0 Å². The molecule has 0 aliphatic rings. The molecule has 0 spiro atoms. The van der Waals surface area contributed by atoms with Gasteiger partial charge in [0.05, 0.1) is 7.11 Å². The van der Waals surface area contributed by atoms with Gasteiger partial charge in [-0.3, -0.25) is 0 Å². The predicted molar refractivity (Wildman–Crippen MR) is 75.6 cm³/mol. The summed E-state index contributed by atoms with van der Waals surface area (Å²) in [6, 6.07) is 10.1. The summed E-state index contributed by atoms with van der Waals surface area (Å²) < 4.78 is 6.39. The van der Waals surface area contributed by atoms with Crippen molar-refractivity contribution >= 4 is 27.3 Å². The van der Waals surface area contributed by atoms with E-state index in [1.54, 1.807) is 18.4 Å². The summed E-state index contributed by atoms with van der Waals surface area (Å²) in [5, 5.41) is 2.05. The number of ether oxygens (including phenoxy) is 1. The van der Waals surface area contributed by atoms with Gasteiger partial charge in [0.25, 0.3) is 0 Å². The van der Waals surface area contributed by atoms with Gasteiger partial charge in [0.2, 0.25) is 0 Å². The first-order valence-corrected chi connectivity index (χ1v) is 6.99. The van der Waals surface area contributed by atoms with E-state index in [0.717, 1.165) is 22.2 Å². The Bertz CT molecular complexity index is 484. The monoisotopic (exact) mass is 311 g/mol. The van der Waals surface area contributed by atoms with E-state index in [-0.39, 0.29) is 6.04 Å². The van der Waals surface area contributed by atoms with E-state index in [2.05, 4.69) is 28.1 Å². The van der Waals surface area contributed by atoms with Gasteiger partial charge in [0.1, 0.15) is 5.75 Å². The van der Waals surface area contributed by atoms with Crippen LogP contribution in [0.25, 0.3) is 0 Å². The Kier molecular flexibility index (Phi) is 4.20. The largest absolute Gasteiger partial charge is 0.496 e. The molecule has 0 bridgehead atoms. The van der Waals surface area contributed by atoms with Gasteiger partial charge < -0.3 is 10.5 Å². The van der Waals surface area contributed by atoms with Crippen LogP contribution in [0.4, 0.5) is 0 Å². The topological polar surface area (TPSA) is 35.2 Å². The smallest absolute Gasteiger partial charge is 0.122 e. The maximum absolute atomic E-state index is 6.18. The number of benzene rings is 1. The Morgan fingerprint density at radius 3 is 2.88 bits per heavy atom. The quantitative estimate of drug-likeness (QED) is 0.933. The van der Waals surface area contributed by atoms with Crippen molar-refractivity contribution in [3.05, 3.63) is 50.6 Å². The molecular formula is C13H14BrNOS.